The quantitative estimate of drug-likeness (QED) is 0.910. The van der Waals surface area contributed by atoms with E-state index < -0.39 is 16.1 Å². The van der Waals surface area contributed by atoms with E-state index in [-0.39, 0.29) is 11.5 Å². The Bertz CT molecular complexity index is 501. The second-order valence-corrected chi connectivity index (χ2v) is 6.37. The molecule has 0 saturated carbocycles. The van der Waals surface area contributed by atoms with Gasteiger partial charge in [-0.25, -0.2) is 8.42 Å². The van der Waals surface area contributed by atoms with Gasteiger partial charge in [-0.15, -0.1) is 0 Å². The maximum atomic E-state index is 12.3. The summed E-state index contributed by atoms with van der Waals surface area (Å²) in [5.41, 5.74) is 0.631. The van der Waals surface area contributed by atoms with Gasteiger partial charge in [-0.1, -0.05) is 17.7 Å². The number of hydrogen-bond donors (Lipinski definition) is 1. The number of aliphatic hydroxyl groups excluding tert-OH is 1. The summed E-state index contributed by atoms with van der Waals surface area (Å²) in [6.07, 6.45) is 0. The zero-order valence-corrected chi connectivity index (χ0v) is 11.6. The summed E-state index contributed by atoms with van der Waals surface area (Å²) in [4.78, 5) is 0.174. The van der Waals surface area contributed by atoms with Crippen molar-refractivity contribution in [1.82, 2.24) is 4.31 Å². The smallest absolute Gasteiger partial charge is 0.243 e. The van der Waals surface area contributed by atoms with E-state index in [1.165, 1.54) is 13.1 Å². The highest BCUT2D eigenvalue weighted by atomic mass is 35.5. The van der Waals surface area contributed by atoms with Crippen molar-refractivity contribution in [3.05, 3.63) is 28.8 Å². The second kappa shape index (κ2) is 5.35. The third kappa shape index (κ3) is 2.98. The van der Waals surface area contributed by atoms with Crippen LogP contribution in [0.2, 0.25) is 5.02 Å². The van der Waals surface area contributed by atoms with E-state index in [9.17, 15) is 8.42 Å². The Labute approximate surface area is 107 Å². The number of halogens is 1. The zero-order chi connectivity index (χ0) is 13.2. The molecule has 0 aromatic heterocycles. The molecule has 0 aliphatic rings. The molecule has 0 saturated heterocycles. The summed E-state index contributed by atoms with van der Waals surface area (Å²) in [5.74, 6) is 0. The fraction of sp³-hybridized carbons (Fsp3) is 0.455. The topological polar surface area (TPSA) is 57.6 Å². The molecule has 0 bridgehead atoms. The summed E-state index contributed by atoms with van der Waals surface area (Å²) in [6.45, 7) is 3.12. The first-order valence-electron chi connectivity index (χ1n) is 5.15. The Kier molecular flexibility index (Phi) is 4.55. The Balaban J connectivity index is 3.26. The van der Waals surface area contributed by atoms with Crippen LogP contribution in [0.1, 0.15) is 12.5 Å². The molecule has 1 N–H and O–H groups in total. The molecule has 0 heterocycles. The summed E-state index contributed by atoms with van der Waals surface area (Å²) in [7, 11) is -2.17. The van der Waals surface area contributed by atoms with Crippen molar-refractivity contribution in [2.75, 3.05) is 13.7 Å². The van der Waals surface area contributed by atoms with Crippen LogP contribution in [0.4, 0.5) is 0 Å². The van der Waals surface area contributed by atoms with Gasteiger partial charge >= 0.3 is 0 Å². The molecule has 1 atom stereocenters. The minimum absolute atomic E-state index is 0.174. The number of rotatable bonds is 4. The number of hydrogen-bond acceptors (Lipinski definition) is 3. The van der Waals surface area contributed by atoms with Crippen molar-refractivity contribution in [2.24, 2.45) is 0 Å². The van der Waals surface area contributed by atoms with E-state index >= 15 is 0 Å². The molecule has 17 heavy (non-hydrogen) atoms. The number of nitrogens with zero attached hydrogens (tertiary/aromatic N) is 1. The van der Waals surface area contributed by atoms with Gasteiger partial charge in [-0.3, -0.25) is 0 Å². The highest BCUT2D eigenvalue weighted by Gasteiger charge is 2.26. The van der Waals surface area contributed by atoms with Crippen molar-refractivity contribution in [3.63, 3.8) is 0 Å². The van der Waals surface area contributed by atoms with Crippen LogP contribution >= 0.6 is 11.6 Å². The Hall–Kier alpha value is -0.620. The average Bonchev–Trinajstić information content (AvgIpc) is 2.30. The van der Waals surface area contributed by atoms with E-state index in [1.807, 2.05) is 0 Å². The standard InChI is InChI=1S/C11H16ClNO3S/c1-8-4-5-10(12)6-11(8)17(15,16)13(3)9(2)7-14/h4-6,9,14H,7H2,1-3H3. The van der Waals surface area contributed by atoms with Gasteiger partial charge in [0.2, 0.25) is 10.0 Å². The molecule has 1 rings (SSSR count). The molecular formula is C11H16ClNO3S. The van der Waals surface area contributed by atoms with Crippen molar-refractivity contribution in [3.8, 4) is 0 Å². The summed E-state index contributed by atoms with van der Waals surface area (Å²) in [5, 5.41) is 9.38. The SMILES string of the molecule is Cc1ccc(Cl)cc1S(=O)(=O)N(C)C(C)CO. The molecule has 0 amide bonds. The van der Waals surface area contributed by atoms with E-state index in [0.29, 0.717) is 10.6 Å². The van der Waals surface area contributed by atoms with Gasteiger partial charge in [0.1, 0.15) is 0 Å². The van der Waals surface area contributed by atoms with Crippen molar-refractivity contribution >= 4 is 21.6 Å². The molecule has 1 aromatic carbocycles. The first kappa shape index (κ1) is 14.4. The third-order valence-electron chi connectivity index (χ3n) is 2.69. The summed E-state index contributed by atoms with van der Waals surface area (Å²) < 4.78 is 25.7. The zero-order valence-electron chi connectivity index (χ0n) is 10.0. The fourth-order valence-electron chi connectivity index (χ4n) is 1.36. The third-order valence-corrected chi connectivity index (χ3v) is 5.04. The Morgan fingerprint density at radius 3 is 2.59 bits per heavy atom. The normalized spacial score (nSPS) is 14.0. The van der Waals surface area contributed by atoms with E-state index in [2.05, 4.69) is 0 Å². The van der Waals surface area contributed by atoms with Crippen LogP contribution in [0, 0.1) is 6.92 Å². The van der Waals surface area contributed by atoms with E-state index in [1.54, 1.807) is 26.0 Å². The van der Waals surface area contributed by atoms with Gasteiger partial charge in [-0.2, -0.15) is 4.31 Å². The molecule has 6 heteroatoms. The fourth-order valence-corrected chi connectivity index (χ4v) is 3.20. The molecule has 0 spiro atoms. The van der Waals surface area contributed by atoms with Gasteiger partial charge in [0.05, 0.1) is 11.5 Å². The first-order valence-corrected chi connectivity index (χ1v) is 6.97. The monoisotopic (exact) mass is 277 g/mol. The predicted octanol–water partition coefficient (Wildman–Crippen LogP) is 1.65. The maximum absolute atomic E-state index is 12.3. The molecule has 96 valence electrons. The van der Waals surface area contributed by atoms with Gasteiger partial charge in [-0.05, 0) is 31.5 Å². The first-order chi connectivity index (χ1) is 7.80. The van der Waals surface area contributed by atoms with Crippen LogP contribution in [0.5, 0.6) is 0 Å². The van der Waals surface area contributed by atoms with E-state index in [0.717, 1.165) is 4.31 Å². The number of sulfonamides is 1. The highest BCUT2D eigenvalue weighted by molar-refractivity contribution is 7.89. The molecule has 0 aliphatic heterocycles. The van der Waals surface area contributed by atoms with Crippen molar-refractivity contribution in [2.45, 2.75) is 24.8 Å². The van der Waals surface area contributed by atoms with Gasteiger partial charge in [0.25, 0.3) is 0 Å². The van der Waals surface area contributed by atoms with Crippen LogP contribution in [0.3, 0.4) is 0 Å². The number of aryl methyl sites for hydroxylation is 1. The maximum Gasteiger partial charge on any atom is 0.243 e. The Morgan fingerprint density at radius 2 is 2.06 bits per heavy atom. The van der Waals surface area contributed by atoms with Gasteiger partial charge in [0.15, 0.2) is 0 Å². The van der Waals surface area contributed by atoms with Crippen LogP contribution < -0.4 is 0 Å². The molecule has 4 nitrogen and oxygen atoms in total. The highest BCUT2D eigenvalue weighted by Crippen LogP contribution is 2.23. The molecule has 0 aliphatic carbocycles. The summed E-state index contributed by atoms with van der Waals surface area (Å²) >= 11 is 5.81. The van der Waals surface area contributed by atoms with Gasteiger partial charge in [0, 0.05) is 18.1 Å². The largest absolute Gasteiger partial charge is 0.395 e. The molecular weight excluding hydrogens is 262 g/mol. The predicted molar refractivity (Wildman–Crippen MR) is 67.7 cm³/mol. The Morgan fingerprint density at radius 1 is 1.47 bits per heavy atom. The second-order valence-electron chi connectivity index (χ2n) is 3.96. The lowest BCUT2D eigenvalue weighted by molar-refractivity contribution is 0.214. The van der Waals surface area contributed by atoms with Crippen molar-refractivity contribution in [1.29, 1.82) is 0 Å². The molecule has 1 aromatic rings. The number of aliphatic hydroxyl groups is 1. The lowest BCUT2D eigenvalue weighted by Gasteiger charge is -2.23. The molecule has 0 radical (unpaired) electrons. The van der Waals surface area contributed by atoms with Crippen LogP contribution in [-0.2, 0) is 10.0 Å². The van der Waals surface area contributed by atoms with Crippen molar-refractivity contribution < 1.29 is 13.5 Å². The van der Waals surface area contributed by atoms with Gasteiger partial charge < -0.3 is 5.11 Å². The lowest BCUT2D eigenvalue weighted by atomic mass is 10.2. The number of likely N-dealkylation sites (N-methyl/N-ethyl adjacent to an activating group) is 1. The minimum atomic E-state index is -3.61. The van der Waals surface area contributed by atoms with Crippen LogP contribution in [0.15, 0.2) is 23.1 Å². The minimum Gasteiger partial charge on any atom is -0.395 e. The molecule has 0 fully saturated rings. The number of benzene rings is 1. The summed E-state index contributed by atoms with van der Waals surface area (Å²) in [6, 6.07) is 4.25. The van der Waals surface area contributed by atoms with Crippen LogP contribution in [0.25, 0.3) is 0 Å². The van der Waals surface area contributed by atoms with Crippen LogP contribution in [-0.4, -0.2) is 37.5 Å². The lowest BCUT2D eigenvalue weighted by Crippen LogP contribution is -2.37. The average molecular weight is 278 g/mol. The molecule has 1 unspecified atom stereocenters. The van der Waals surface area contributed by atoms with E-state index in [4.69, 9.17) is 16.7 Å².